The molecular weight excluding hydrogens is 321 g/mol. The molecule has 0 bridgehead atoms. The normalized spacial score (nSPS) is 11.2. The quantitative estimate of drug-likeness (QED) is 0.533. The Balaban J connectivity index is 1.75. The molecule has 3 N–H and O–H groups in total. The van der Waals surface area contributed by atoms with Crippen LogP contribution < -0.4 is 15.4 Å². The Hall–Kier alpha value is -2.76. The summed E-state index contributed by atoms with van der Waals surface area (Å²) in [5.74, 6) is 1.29. The number of ether oxygens (including phenoxy) is 1. The number of halogens is 1. The largest absolute Gasteiger partial charge is 0.508 e. The van der Waals surface area contributed by atoms with Crippen LogP contribution >= 0.6 is 0 Å². The summed E-state index contributed by atoms with van der Waals surface area (Å²) in [4.78, 5) is 4.16. The number of phenols is 1. The molecule has 6 heteroatoms. The van der Waals surface area contributed by atoms with Crippen LogP contribution in [0.5, 0.6) is 11.5 Å². The van der Waals surface area contributed by atoms with Crippen LogP contribution in [0.1, 0.15) is 11.1 Å². The van der Waals surface area contributed by atoms with Gasteiger partial charge in [-0.05, 0) is 42.2 Å². The summed E-state index contributed by atoms with van der Waals surface area (Å²) in [5, 5.41) is 16.3. The van der Waals surface area contributed by atoms with Gasteiger partial charge in [0.15, 0.2) is 5.96 Å². The highest BCUT2D eigenvalue weighted by atomic mass is 19.1. The van der Waals surface area contributed by atoms with Crippen molar-refractivity contribution in [2.45, 2.75) is 12.8 Å². The Kier molecular flexibility index (Phi) is 7.07. The van der Waals surface area contributed by atoms with Crippen LogP contribution in [0.3, 0.4) is 0 Å². The number of rotatable bonds is 7. The van der Waals surface area contributed by atoms with Gasteiger partial charge in [0.1, 0.15) is 17.3 Å². The lowest BCUT2D eigenvalue weighted by atomic mass is 10.1. The van der Waals surface area contributed by atoms with Crippen molar-refractivity contribution in [1.29, 1.82) is 0 Å². The topological polar surface area (TPSA) is 65.9 Å². The highest BCUT2D eigenvalue weighted by Gasteiger charge is 2.04. The zero-order valence-electron chi connectivity index (χ0n) is 14.6. The van der Waals surface area contributed by atoms with Crippen molar-refractivity contribution in [2.75, 3.05) is 27.2 Å². The fourth-order valence-corrected chi connectivity index (χ4v) is 2.44. The molecule has 5 nitrogen and oxygen atoms in total. The van der Waals surface area contributed by atoms with Crippen LogP contribution in [0.2, 0.25) is 0 Å². The molecule has 0 atom stereocenters. The highest BCUT2D eigenvalue weighted by Crippen LogP contribution is 2.23. The van der Waals surface area contributed by atoms with E-state index >= 15 is 0 Å². The van der Waals surface area contributed by atoms with Crippen molar-refractivity contribution in [2.24, 2.45) is 4.99 Å². The molecule has 0 radical (unpaired) electrons. The molecule has 0 aliphatic rings. The number of benzene rings is 2. The molecule has 0 spiro atoms. The molecule has 0 amide bonds. The third-order valence-corrected chi connectivity index (χ3v) is 3.80. The lowest BCUT2D eigenvalue weighted by Gasteiger charge is -2.12. The Labute approximate surface area is 147 Å². The lowest BCUT2D eigenvalue weighted by molar-refractivity contribution is 0.406. The molecule has 134 valence electrons. The maximum absolute atomic E-state index is 13.1. The maximum Gasteiger partial charge on any atom is 0.190 e. The first kappa shape index (κ1) is 18.6. The number of hydrogen-bond donors (Lipinski definition) is 3. The van der Waals surface area contributed by atoms with E-state index in [0.717, 1.165) is 11.1 Å². The number of nitrogens with one attached hydrogen (secondary N) is 2. The van der Waals surface area contributed by atoms with Crippen molar-refractivity contribution in [1.82, 2.24) is 10.6 Å². The molecule has 0 aliphatic heterocycles. The van der Waals surface area contributed by atoms with Gasteiger partial charge < -0.3 is 20.5 Å². The van der Waals surface area contributed by atoms with Gasteiger partial charge in [-0.2, -0.15) is 0 Å². The number of guanidine groups is 1. The zero-order chi connectivity index (χ0) is 18.1. The van der Waals surface area contributed by atoms with Crippen molar-refractivity contribution in [3.8, 4) is 11.5 Å². The summed E-state index contributed by atoms with van der Waals surface area (Å²) in [5.41, 5.74) is 1.77. The fraction of sp³-hybridized carbons (Fsp3) is 0.316. The SMILES string of the molecule is CN=C(NCCc1cccc(F)c1)NCCc1ccc(OC)cc1O. The Bertz CT molecular complexity index is 720. The van der Waals surface area contributed by atoms with Gasteiger partial charge in [0.25, 0.3) is 0 Å². The summed E-state index contributed by atoms with van der Waals surface area (Å²) in [7, 11) is 3.26. The number of methoxy groups -OCH3 is 1. The van der Waals surface area contributed by atoms with E-state index in [1.165, 1.54) is 12.1 Å². The predicted molar refractivity (Wildman–Crippen MR) is 97.8 cm³/mol. The van der Waals surface area contributed by atoms with Crippen LogP contribution in [-0.2, 0) is 12.8 Å². The van der Waals surface area contributed by atoms with Crippen LogP contribution in [0.15, 0.2) is 47.5 Å². The van der Waals surface area contributed by atoms with Crippen molar-refractivity contribution in [3.63, 3.8) is 0 Å². The smallest absolute Gasteiger partial charge is 0.190 e. The van der Waals surface area contributed by atoms with E-state index in [-0.39, 0.29) is 11.6 Å². The van der Waals surface area contributed by atoms with E-state index in [0.29, 0.717) is 37.6 Å². The minimum atomic E-state index is -0.223. The van der Waals surface area contributed by atoms with E-state index in [2.05, 4.69) is 15.6 Å². The third-order valence-electron chi connectivity index (χ3n) is 3.80. The number of phenolic OH excluding ortho intramolecular Hbond substituents is 1. The van der Waals surface area contributed by atoms with Crippen LogP contribution in [-0.4, -0.2) is 38.3 Å². The molecule has 0 aromatic heterocycles. The van der Waals surface area contributed by atoms with Crippen LogP contribution in [0.25, 0.3) is 0 Å². The molecule has 25 heavy (non-hydrogen) atoms. The summed E-state index contributed by atoms with van der Waals surface area (Å²) < 4.78 is 18.2. The van der Waals surface area contributed by atoms with E-state index < -0.39 is 0 Å². The molecule has 0 saturated heterocycles. The number of aliphatic imine (C=N–C) groups is 1. The van der Waals surface area contributed by atoms with Crippen molar-refractivity contribution >= 4 is 5.96 Å². The van der Waals surface area contributed by atoms with Gasteiger partial charge in [-0.1, -0.05) is 18.2 Å². The molecule has 0 heterocycles. The van der Waals surface area contributed by atoms with Gasteiger partial charge in [-0.25, -0.2) is 4.39 Å². The minimum absolute atomic E-state index is 0.218. The summed E-state index contributed by atoms with van der Waals surface area (Å²) in [6.45, 7) is 1.27. The molecule has 2 aromatic rings. The minimum Gasteiger partial charge on any atom is -0.508 e. The van der Waals surface area contributed by atoms with Gasteiger partial charge in [0.05, 0.1) is 7.11 Å². The molecule has 2 rings (SSSR count). The van der Waals surface area contributed by atoms with Crippen LogP contribution in [0.4, 0.5) is 4.39 Å². The number of hydrogen-bond acceptors (Lipinski definition) is 3. The first-order valence-corrected chi connectivity index (χ1v) is 8.17. The predicted octanol–water partition coefficient (Wildman–Crippen LogP) is 2.49. The second kappa shape index (κ2) is 9.52. The Morgan fingerprint density at radius 3 is 2.52 bits per heavy atom. The summed E-state index contributed by atoms with van der Waals surface area (Å²) >= 11 is 0. The van der Waals surface area contributed by atoms with E-state index in [1.54, 1.807) is 26.3 Å². The Morgan fingerprint density at radius 1 is 1.12 bits per heavy atom. The molecule has 2 aromatic carbocycles. The second-order valence-corrected chi connectivity index (χ2v) is 5.55. The monoisotopic (exact) mass is 345 g/mol. The Morgan fingerprint density at radius 2 is 1.88 bits per heavy atom. The van der Waals surface area contributed by atoms with Gasteiger partial charge in [-0.3, -0.25) is 4.99 Å². The van der Waals surface area contributed by atoms with Crippen LogP contribution in [0, 0.1) is 5.82 Å². The first-order valence-electron chi connectivity index (χ1n) is 8.17. The number of aromatic hydroxyl groups is 1. The van der Waals surface area contributed by atoms with E-state index in [1.807, 2.05) is 18.2 Å². The molecule has 0 saturated carbocycles. The van der Waals surface area contributed by atoms with Gasteiger partial charge in [0, 0.05) is 26.2 Å². The number of nitrogens with zero attached hydrogens (tertiary/aromatic N) is 1. The summed E-state index contributed by atoms with van der Waals surface area (Å²) in [6.07, 6.45) is 1.36. The maximum atomic E-state index is 13.1. The summed E-state index contributed by atoms with van der Waals surface area (Å²) in [6, 6.07) is 11.8. The van der Waals surface area contributed by atoms with E-state index in [4.69, 9.17) is 4.74 Å². The lowest BCUT2D eigenvalue weighted by Crippen LogP contribution is -2.39. The average molecular weight is 345 g/mol. The van der Waals surface area contributed by atoms with E-state index in [9.17, 15) is 9.50 Å². The van der Waals surface area contributed by atoms with Crippen molar-refractivity contribution in [3.05, 3.63) is 59.4 Å². The van der Waals surface area contributed by atoms with Gasteiger partial charge >= 0.3 is 0 Å². The first-order chi connectivity index (χ1) is 12.1. The molecule has 0 fully saturated rings. The molecule has 0 aliphatic carbocycles. The van der Waals surface area contributed by atoms with Gasteiger partial charge in [0.2, 0.25) is 0 Å². The average Bonchev–Trinajstić information content (AvgIpc) is 2.61. The van der Waals surface area contributed by atoms with Gasteiger partial charge in [-0.15, -0.1) is 0 Å². The highest BCUT2D eigenvalue weighted by molar-refractivity contribution is 5.79. The molecule has 0 unspecified atom stereocenters. The van der Waals surface area contributed by atoms with Crippen molar-refractivity contribution < 1.29 is 14.2 Å². The molecular formula is C19H24FN3O2. The standard InChI is InChI=1S/C19H24FN3O2/c1-21-19(22-10-8-14-4-3-5-16(20)12-14)23-11-9-15-6-7-17(25-2)13-18(15)24/h3-7,12-13,24H,8-11H2,1-2H3,(H2,21,22,23). The fourth-order valence-electron chi connectivity index (χ4n) is 2.44. The third kappa shape index (κ3) is 5.99. The second-order valence-electron chi connectivity index (χ2n) is 5.55. The zero-order valence-corrected chi connectivity index (χ0v) is 14.6.